The molecule has 7 nitrogen and oxygen atoms in total. The first kappa shape index (κ1) is 18.4. The number of nitrogens with one attached hydrogen (secondary N) is 1. The van der Waals surface area contributed by atoms with Gasteiger partial charge in [0.1, 0.15) is 11.4 Å². The zero-order chi connectivity index (χ0) is 19.2. The lowest BCUT2D eigenvalue weighted by Crippen LogP contribution is -2.35. The monoisotopic (exact) mass is 367 g/mol. The van der Waals surface area contributed by atoms with Crippen LogP contribution >= 0.6 is 0 Å². The SMILES string of the molecule is COc1ccccc1CC(CNC(=O)Cc1cn2ccccc2n1)C(=O)O. The van der Waals surface area contributed by atoms with Crippen LogP contribution in [-0.4, -0.2) is 40.0 Å². The first-order chi connectivity index (χ1) is 13.1. The Balaban J connectivity index is 1.60. The van der Waals surface area contributed by atoms with Crippen LogP contribution < -0.4 is 10.1 Å². The van der Waals surface area contributed by atoms with Crippen molar-refractivity contribution < 1.29 is 19.4 Å². The number of nitrogens with zero attached hydrogens (tertiary/aromatic N) is 2. The summed E-state index contributed by atoms with van der Waals surface area (Å²) >= 11 is 0. The van der Waals surface area contributed by atoms with Crippen molar-refractivity contribution in [2.24, 2.45) is 5.92 Å². The van der Waals surface area contributed by atoms with Gasteiger partial charge in [0.2, 0.25) is 5.91 Å². The van der Waals surface area contributed by atoms with Crippen LogP contribution in [0.3, 0.4) is 0 Å². The highest BCUT2D eigenvalue weighted by Crippen LogP contribution is 2.21. The zero-order valence-corrected chi connectivity index (χ0v) is 15.0. The number of hydrogen-bond donors (Lipinski definition) is 2. The molecule has 0 aliphatic carbocycles. The number of benzene rings is 1. The van der Waals surface area contributed by atoms with Crippen molar-refractivity contribution in [1.29, 1.82) is 0 Å². The number of carbonyl (C=O) groups is 2. The van der Waals surface area contributed by atoms with Gasteiger partial charge in [-0.1, -0.05) is 24.3 Å². The molecule has 1 unspecified atom stereocenters. The Bertz CT molecular complexity index is 918. The molecule has 0 aliphatic rings. The van der Waals surface area contributed by atoms with E-state index in [0.717, 1.165) is 11.2 Å². The molecule has 0 saturated heterocycles. The van der Waals surface area contributed by atoms with Crippen molar-refractivity contribution in [2.45, 2.75) is 12.8 Å². The largest absolute Gasteiger partial charge is 0.496 e. The lowest BCUT2D eigenvalue weighted by Gasteiger charge is -2.15. The predicted molar refractivity (Wildman–Crippen MR) is 99.7 cm³/mol. The third-order valence-corrected chi connectivity index (χ3v) is 4.31. The maximum Gasteiger partial charge on any atom is 0.308 e. The van der Waals surface area contributed by atoms with E-state index in [4.69, 9.17) is 4.74 Å². The fraction of sp³-hybridized carbons (Fsp3) is 0.250. The summed E-state index contributed by atoms with van der Waals surface area (Å²) in [5, 5.41) is 12.2. The molecule has 3 aromatic rings. The number of aromatic nitrogens is 2. The lowest BCUT2D eigenvalue weighted by atomic mass is 9.98. The van der Waals surface area contributed by atoms with Gasteiger partial charge in [-0.05, 0) is 30.2 Å². The summed E-state index contributed by atoms with van der Waals surface area (Å²) in [5.74, 6) is -1.33. The number of amides is 1. The van der Waals surface area contributed by atoms with Crippen LogP contribution in [0.2, 0.25) is 0 Å². The quantitative estimate of drug-likeness (QED) is 0.635. The molecule has 1 amide bonds. The minimum atomic E-state index is -0.964. The predicted octanol–water partition coefficient (Wildman–Crippen LogP) is 1.95. The Hall–Kier alpha value is -3.35. The number of hydrogen-bond acceptors (Lipinski definition) is 4. The maximum atomic E-state index is 12.2. The molecule has 0 radical (unpaired) electrons. The highest BCUT2D eigenvalue weighted by Gasteiger charge is 2.21. The number of rotatable bonds is 8. The molecular weight excluding hydrogens is 346 g/mol. The minimum Gasteiger partial charge on any atom is -0.496 e. The average Bonchev–Trinajstić information content (AvgIpc) is 3.07. The molecule has 2 heterocycles. The Morgan fingerprint density at radius 1 is 1.22 bits per heavy atom. The second-order valence-electron chi connectivity index (χ2n) is 6.23. The van der Waals surface area contributed by atoms with Crippen LogP contribution in [0, 0.1) is 5.92 Å². The molecule has 2 aromatic heterocycles. The van der Waals surface area contributed by atoms with Gasteiger partial charge in [0.25, 0.3) is 0 Å². The van der Waals surface area contributed by atoms with Crippen molar-refractivity contribution >= 4 is 17.5 Å². The topological polar surface area (TPSA) is 92.9 Å². The molecule has 7 heteroatoms. The van der Waals surface area contributed by atoms with Gasteiger partial charge in [-0.25, -0.2) is 4.98 Å². The van der Waals surface area contributed by atoms with E-state index >= 15 is 0 Å². The molecule has 2 N–H and O–H groups in total. The van der Waals surface area contributed by atoms with E-state index in [0.29, 0.717) is 11.4 Å². The van der Waals surface area contributed by atoms with Gasteiger partial charge < -0.3 is 19.6 Å². The molecule has 0 fully saturated rings. The number of ether oxygens (including phenoxy) is 1. The van der Waals surface area contributed by atoms with Gasteiger partial charge in [0.05, 0.1) is 25.1 Å². The van der Waals surface area contributed by atoms with E-state index in [1.807, 2.05) is 47.0 Å². The first-order valence-corrected chi connectivity index (χ1v) is 8.61. The standard InChI is InChI=1S/C20H21N3O4/c1-27-17-7-3-2-6-14(17)10-15(20(25)26)12-21-19(24)11-16-13-23-9-5-4-8-18(23)22-16/h2-9,13,15H,10-12H2,1H3,(H,21,24)(H,25,26). The number of carboxylic acid groups (broad SMARTS) is 1. The Morgan fingerprint density at radius 3 is 2.74 bits per heavy atom. The first-order valence-electron chi connectivity index (χ1n) is 8.61. The van der Waals surface area contributed by atoms with Crippen LogP contribution in [0.5, 0.6) is 5.75 Å². The fourth-order valence-electron chi connectivity index (χ4n) is 2.92. The van der Waals surface area contributed by atoms with E-state index < -0.39 is 11.9 Å². The van der Waals surface area contributed by atoms with Crippen LogP contribution in [-0.2, 0) is 22.4 Å². The van der Waals surface area contributed by atoms with E-state index in [-0.39, 0.29) is 25.3 Å². The van der Waals surface area contributed by atoms with Crippen LogP contribution in [0.4, 0.5) is 0 Å². The molecule has 0 bridgehead atoms. The highest BCUT2D eigenvalue weighted by atomic mass is 16.5. The smallest absolute Gasteiger partial charge is 0.308 e. The third kappa shape index (κ3) is 4.63. The molecule has 1 aromatic carbocycles. The summed E-state index contributed by atoms with van der Waals surface area (Å²) in [4.78, 5) is 28.2. The van der Waals surface area contributed by atoms with Gasteiger partial charge in [0, 0.05) is 18.9 Å². The van der Waals surface area contributed by atoms with E-state index in [9.17, 15) is 14.7 Å². The number of imidazole rings is 1. The van der Waals surface area contributed by atoms with Gasteiger partial charge in [-0.15, -0.1) is 0 Å². The van der Waals surface area contributed by atoms with Crippen LogP contribution in [0.1, 0.15) is 11.3 Å². The minimum absolute atomic E-state index is 0.0413. The molecule has 0 aliphatic heterocycles. The maximum absolute atomic E-state index is 12.2. The molecule has 0 spiro atoms. The second-order valence-corrected chi connectivity index (χ2v) is 6.23. The summed E-state index contributed by atoms with van der Waals surface area (Å²) in [7, 11) is 1.55. The summed E-state index contributed by atoms with van der Waals surface area (Å²) in [6, 6.07) is 12.9. The van der Waals surface area contributed by atoms with Crippen LogP contribution in [0.25, 0.3) is 5.65 Å². The number of pyridine rings is 1. The van der Waals surface area contributed by atoms with E-state index in [2.05, 4.69) is 10.3 Å². The van der Waals surface area contributed by atoms with Crippen molar-refractivity contribution in [3.8, 4) is 5.75 Å². The summed E-state index contributed by atoms with van der Waals surface area (Å²) in [5.41, 5.74) is 2.19. The molecule has 27 heavy (non-hydrogen) atoms. The van der Waals surface area contributed by atoms with Crippen molar-refractivity contribution in [3.63, 3.8) is 0 Å². The number of fused-ring (bicyclic) bond motifs is 1. The molecular formula is C20H21N3O4. The normalized spacial score (nSPS) is 11.9. The van der Waals surface area contributed by atoms with E-state index in [1.165, 1.54) is 0 Å². The third-order valence-electron chi connectivity index (χ3n) is 4.31. The Morgan fingerprint density at radius 2 is 2.00 bits per heavy atom. The Kier molecular flexibility index (Phi) is 5.71. The highest BCUT2D eigenvalue weighted by molar-refractivity contribution is 5.79. The van der Waals surface area contributed by atoms with E-state index in [1.54, 1.807) is 19.4 Å². The molecule has 140 valence electrons. The number of methoxy groups -OCH3 is 1. The summed E-state index contributed by atoms with van der Waals surface area (Å²) in [6.45, 7) is 0.0413. The van der Waals surface area contributed by atoms with Gasteiger partial charge in [-0.2, -0.15) is 0 Å². The van der Waals surface area contributed by atoms with Crippen molar-refractivity contribution in [3.05, 3.63) is 66.1 Å². The molecule has 0 saturated carbocycles. The number of aliphatic carboxylic acids is 1. The van der Waals surface area contributed by atoms with Crippen molar-refractivity contribution in [2.75, 3.05) is 13.7 Å². The average molecular weight is 367 g/mol. The molecule has 3 rings (SSSR count). The van der Waals surface area contributed by atoms with Crippen molar-refractivity contribution in [1.82, 2.24) is 14.7 Å². The number of para-hydroxylation sites is 1. The zero-order valence-electron chi connectivity index (χ0n) is 15.0. The second kappa shape index (κ2) is 8.35. The summed E-state index contributed by atoms with van der Waals surface area (Å²) < 4.78 is 7.11. The number of carboxylic acids is 1. The van der Waals surface area contributed by atoms with Gasteiger partial charge in [-0.3, -0.25) is 9.59 Å². The fourth-order valence-corrected chi connectivity index (χ4v) is 2.92. The van der Waals surface area contributed by atoms with Gasteiger partial charge in [0.15, 0.2) is 0 Å². The summed E-state index contributed by atoms with van der Waals surface area (Å²) in [6.07, 6.45) is 4.02. The van der Waals surface area contributed by atoms with Crippen LogP contribution in [0.15, 0.2) is 54.9 Å². The lowest BCUT2D eigenvalue weighted by molar-refractivity contribution is -0.141. The Labute approximate surface area is 156 Å². The van der Waals surface area contributed by atoms with Gasteiger partial charge >= 0.3 is 5.97 Å². The number of carbonyl (C=O) groups excluding carboxylic acids is 1. The molecule has 1 atom stereocenters.